The van der Waals surface area contributed by atoms with Gasteiger partial charge in [-0.25, -0.2) is 0 Å². The minimum atomic E-state index is 0.363. The van der Waals surface area contributed by atoms with Gasteiger partial charge in [0.1, 0.15) is 0 Å². The molecule has 0 aromatic carbocycles. The molecule has 2 nitrogen and oxygen atoms in total. The van der Waals surface area contributed by atoms with Crippen LogP contribution in [0.4, 0.5) is 0 Å². The zero-order valence-corrected chi connectivity index (χ0v) is 11.1. The van der Waals surface area contributed by atoms with E-state index in [1.54, 1.807) is 0 Å². The van der Waals surface area contributed by atoms with Crippen LogP contribution in [0.5, 0.6) is 0 Å². The molecule has 90 valence electrons. The molecule has 2 aliphatic rings. The fourth-order valence-electron chi connectivity index (χ4n) is 3.17. The van der Waals surface area contributed by atoms with Crippen molar-refractivity contribution in [3.05, 3.63) is 11.3 Å². The first-order valence-electron chi connectivity index (χ1n) is 6.40. The van der Waals surface area contributed by atoms with E-state index in [1.807, 2.05) is 0 Å². The van der Waals surface area contributed by atoms with E-state index in [0.717, 1.165) is 24.1 Å². The monoisotopic (exact) mass is 221 g/mol. The van der Waals surface area contributed by atoms with Crippen LogP contribution in [-0.4, -0.2) is 11.8 Å². The van der Waals surface area contributed by atoms with E-state index in [2.05, 4.69) is 39.9 Å². The van der Waals surface area contributed by atoms with Crippen molar-refractivity contribution in [3.63, 3.8) is 0 Å². The summed E-state index contributed by atoms with van der Waals surface area (Å²) in [4.78, 5) is 11.9. The number of carbonyl (C=O) groups is 1. The highest BCUT2D eigenvalue weighted by Crippen LogP contribution is 2.68. The van der Waals surface area contributed by atoms with Crippen LogP contribution in [-0.2, 0) is 4.79 Å². The Balaban J connectivity index is 2.19. The summed E-state index contributed by atoms with van der Waals surface area (Å²) in [6, 6.07) is 0.459. The van der Waals surface area contributed by atoms with Gasteiger partial charge in [-0.2, -0.15) is 0 Å². The van der Waals surface area contributed by atoms with Gasteiger partial charge in [-0.15, -0.1) is 0 Å². The van der Waals surface area contributed by atoms with Crippen LogP contribution in [0.25, 0.3) is 0 Å². The maximum absolute atomic E-state index is 11.9. The molecule has 3 atom stereocenters. The van der Waals surface area contributed by atoms with Crippen molar-refractivity contribution >= 4 is 5.78 Å². The van der Waals surface area contributed by atoms with Crippen LogP contribution in [0.1, 0.15) is 47.5 Å². The normalized spacial score (nSPS) is 35.7. The van der Waals surface area contributed by atoms with Gasteiger partial charge in [0.05, 0.1) is 0 Å². The maximum atomic E-state index is 11.9. The lowest BCUT2D eigenvalue weighted by Crippen LogP contribution is -2.26. The molecule has 0 radical (unpaired) electrons. The highest BCUT2D eigenvalue weighted by Gasteiger charge is 2.65. The number of rotatable bonds is 3. The molecule has 2 saturated carbocycles. The summed E-state index contributed by atoms with van der Waals surface area (Å²) in [7, 11) is 0. The fourth-order valence-corrected chi connectivity index (χ4v) is 3.17. The van der Waals surface area contributed by atoms with Gasteiger partial charge >= 0.3 is 0 Å². The van der Waals surface area contributed by atoms with E-state index in [-0.39, 0.29) is 0 Å². The van der Waals surface area contributed by atoms with Crippen LogP contribution < -0.4 is 5.32 Å². The van der Waals surface area contributed by atoms with E-state index in [9.17, 15) is 4.79 Å². The molecule has 0 saturated heterocycles. The van der Waals surface area contributed by atoms with Gasteiger partial charge in [0.25, 0.3) is 0 Å². The highest BCUT2D eigenvalue weighted by molar-refractivity contribution is 6.01. The first-order chi connectivity index (χ1) is 7.39. The molecular formula is C14H23NO. The summed E-state index contributed by atoms with van der Waals surface area (Å²) in [5.74, 6) is 1.52. The SMILES string of the molecule is CCC(C)NC(C)=C1C(=O)CC2C1C2(C)C. The lowest BCUT2D eigenvalue weighted by Gasteiger charge is -2.18. The van der Waals surface area contributed by atoms with Crippen molar-refractivity contribution in [2.75, 3.05) is 0 Å². The fraction of sp³-hybridized carbons (Fsp3) is 0.786. The van der Waals surface area contributed by atoms with E-state index in [4.69, 9.17) is 0 Å². The molecule has 1 N–H and O–H groups in total. The Kier molecular flexibility index (Phi) is 2.64. The molecule has 0 bridgehead atoms. The molecule has 16 heavy (non-hydrogen) atoms. The molecule has 3 unspecified atom stereocenters. The molecule has 0 amide bonds. The standard InChI is InChI=1S/C14H23NO/c1-6-8(2)15-9(3)12-11(16)7-10-13(12)14(10,4)5/h8,10,13,15H,6-7H2,1-5H3. The number of carbonyl (C=O) groups excluding carboxylic acids is 1. The second-order valence-electron chi connectivity index (χ2n) is 6.03. The Morgan fingerprint density at radius 2 is 2.19 bits per heavy atom. The van der Waals surface area contributed by atoms with Gasteiger partial charge in [0, 0.05) is 23.7 Å². The molecule has 0 spiro atoms. The van der Waals surface area contributed by atoms with Crippen molar-refractivity contribution in [2.24, 2.45) is 17.3 Å². The number of allylic oxidation sites excluding steroid dienone is 2. The average Bonchev–Trinajstić information content (AvgIpc) is 2.61. The third-order valence-corrected chi connectivity index (χ3v) is 4.55. The number of hydrogen-bond donors (Lipinski definition) is 1. The minimum absolute atomic E-state index is 0.363. The van der Waals surface area contributed by atoms with Gasteiger partial charge in [0.15, 0.2) is 5.78 Å². The van der Waals surface area contributed by atoms with Gasteiger partial charge in [0.2, 0.25) is 0 Å². The molecule has 0 heterocycles. The number of hydrogen-bond acceptors (Lipinski definition) is 2. The summed E-state index contributed by atoms with van der Waals surface area (Å²) in [5, 5.41) is 3.46. The number of nitrogens with one attached hydrogen (secondary N) is 1. The Morgan fingerprint density at radius 1 is 1.56 bits per heavy atom. The highest BCUT2D eigenvalue weighted by atomic mass is 16.1. The van der Waals surface area contributed by atoms with Crippen LogP contribution in [0.3, 0.4) is 0 Å². The van der Waals surface area contributed by atoms with Crippen molar-refractivity contribution < 1.29 is 4.79 Å². The smallest absolute Gasteiger partial charge is 0.161 e. The number of ketones is 1. The second-order valence-corrected chi connectivity index (χ2v) is 6.03. The van der Waals surface area contributed by atoms with Gasteiger partial charge in [-0.3, -0.25) is 4.79 Å². The first kappa shape index (κ1) is 11.7. The molecule has 2 fully saturated rings. The second kappa shape index (κ2) is 3.61. The van der Waals surface area contributed by atoms with Crippen LogP contribution in [0, 0.1) is 17.3 Å². The third-order valence-electron chi connectivity index (χ3n) is 4.55. The summed E-state index contributed by atoms with van der Waals surface area (Å²) in [6.45, 7) is 11.0. The molecule has 2 aliphatic carbocycles. The zero-order chi connectivity index (χ0) is 12.1. The summed E-state index contributed by atoms with van der Waals surface area (Å²) in [6.07, 6.45) is 1.86. The van der Waals surface area contributed by atoms with Crippen LogP contribution in [0.2, 0.25) is 0 Å². The third kappa shape index (κ3) is 1.59. The first-order valence-corrected chi connectivity index (χ1v) is 6.40. The quantitative estimate of drug-likeness (QED) is 0.742. The molecule has 2 rings (SSSR count). The number of fused-ring (bicyclic) bond motifs is 1. The maximum Gasteiger partial charge on any atom is 0.161 e. The Hall–Kier alpha value is -0.790. The van der Waals surface area contributed by atoms with E-state index >= 15 is 0 Å². The van der Waals surface area contributed by atoms with Gasteiger partial charge in [-0.05, 0) is 37.5 Å². The topological polar surface area (TPSA) is 29.1 Å². The lowest BCUT2D eigenvalue weighted by molar-refractivity contribution is -0.115. The van der Waals surface area contributed by atoms with Crippen LogP contribution in [0.15, 0.2) is 11.3 Å². The Morgan fingerprint density at radius 3 is 2.69 bits per heavy atom. The summed E-state index contributed by atoms with van der Waals surface area (Å²) >= 11 is 0. The lowest BCUT2D eigenvalue weighted by atomic mass is 9.95. The predicted molar refractivity (Wildman–Crippen MR) is 66.0 cm³/mol. The molecule has 2 heteroatoms. The van der Waals surface area contributed by atoms with Gasteiger partial charge < -0.3 is 5.32 Å². The van der Waals surface area contributed by atoms with Crippen LogP contribution >= 0.6 is 0 Å². The largest absolute Gasteiger partial charge is 0.386 e. The Labute approximate surface area is 98.5 Å². The molecule has 0 aliphatic heterocycles. The van der Waals surface area contributed by atoms with Crippen molar-refractivity contribution in [1.29, 1.82) is 0 Å². The van der Waals surface area contributed by atoms with Crippen molar-refractivity contribution in [1.82, 2.24) is 5.32 Å². The van der Waals surface area contributed by atoms with Crippen molar-refractivity contribution in [3.8, 4) is 0 Å². The minimum Gasteiger partial charge on any atom is -0.386 e. The Bertz CT molecular complexity index is 354. The van der Waals surface area contributed by atoms with Crippen molar-refractivity contribution in [2.45, 2.75) is 53.5 Å². The molecule has 0 aromatic heterocycles. The summed E-state index contributed by atoms with van der Waals surface area (Å²) < 4.78 is 0. The van der Waals surface area contributed by atoms with E-state index < -0.39 is 0 Å². The summed E-state index contributed by atoms with van der Waals surface area (Å²) in [5.41, 5.74) is 2.58. The van der Waals surface area contributed by atoms with Gasteiger partial charge in [-0.1, -0.05) is 20.8 Å². The zero-order valence-electron chi connectivity index (χ0n) is 11.1. The predicted octanol–water partition coefficient (Wildman–Crippen LogP) is 2.89. The molecular weight excluding hydrogens is 198 g/mol. The molecule has 0 aromatic rings. The number of Topliss-reactive ketones (excluding diaryl/α,β-unsaturated/α-hetero) is 1. The average molecular weight is 221 g/mol. The van der Waals surface area contributed by atoms with E-state index in [0.29, 0.717) is 29.1 Å². The van der Waals surface area contributed by atoms with E-state index in [1.165, 1.54) is 0 Å².